The average molecular weight is 360 g/mol. The molecule has 0 unspecified atom stereocenters. The van der Waals surface area contributed by atoms with Gasteiger partial charge < -0.3 is 10.8 Å². The summed E-state index contributed by atoms with van der Waals surface area (Å²) < 4.78 is 0. The zero-order chi connectivity index (χ0) is 14.4. The Hall–Kier alpha value is -1.32. The molecule has 2 aliphatic rings. The van der Waals surface area contributed by atoms with Gasteiger partial charge in [-0.1, -0.05) is 30.3 Å². The molecule has 0 heterocycles. The third kappa shape index (κ3) is 2.57. The number of rotatable bonds is 1. The number of aromatic hydroxyl groups is 1. The molecule has 22 heavy (non-hydrogen) atoms. The Morgan fingerprint density at radius 3 is 2.55 bits per heavy atom. The van der Waals surface area contributed by atoms with E-state index in [1.54, 1.807) is 0 Å². The highest BCUT2D eigenvalue weighted by Crippen LogP contribution is 2.46. The van der Waals surface area contributed by atoms with Crippen LogP contribution in [-0.2, 0) is 12.8 Å². The van der Waals surface area contributed by atoms with E-state index in [0.29, 0.717) is 17.6 Å². The fourth-order valence-electron chi connectivity index (χ4n) is 4.28. The van der Waals surface area contributed by atoms with E-state index in [-0.39, 0.29) is 23.0 Å². The molecule has 2 nitrogen and oxygen atoms in total. The van der Waals surface area contributed by atoms with Crippen LogP contribution in [0.15, 0.2) is 42.5 Å². The van der Waals surface area contributed by atoms with Crippen molar-refractivity contribution >= 4 is 17.0 Å². The van der Waals surface area contributed by atoms with Crippen LogP contribution in [-0.4, -0.2) is 11.1 Å². The van der Waals surface area contributed by atoms with Crippen LogP contribution in [0, 0.1) is 0 Å². The van der Waals surface area contributed by atoms with Crippen molar-refractivity contribution in [3.8, 4) is 5.75 Å². The van der Waals surface area contributed by atoms with E-state index in [1.165, 1.54) is 22.3 Å². The predicted molar refractivity (Wildman–Crippen MR) is 95.0 cm³/mol. The summed E-state index contributed by atoms with van der Waals surface area (Å²) in [7, 11) is 0. The fraction of sp³-hybridized carbons (Fsp3) is 0.368. The highest BCUT2D eigenvalue weighted by molar-refractivity contribution is 8.93. The first-order chi connectivity index (χ1) is 10.2. The Kier molecular flexibility index (Phi) is 4.28. The lowest BCUT2D eigenvalue weighted by Crippen LogP contribution is -2.37. The topological polar surface area (TPSA) is 46.2 Å². The van der Waals surface area contributed by atoms with Gasteiger partial charge in [-0.25, -0.2) is 0 Å². The van der Waals surface area contributed by atoms with Gasteiger partial charge in [-0.2, -0.15) is 0 Å². The fourth-order valence-corrected chi connectivity index (χ4v) is 4.28. The third-order valence-corrected chi connectivity index (χ3v) is 5.25. The molecule has 3 N–H and O–H groups in total. The SMILES string of the molecule is Br.N[C@@H]1CCc2cc(O)cc3c2[C@H]1C[C@H](c1ccccc1)C3. The molecule has 0 spiro atoms. The van der Waals surface area contributed by atoms with Crippen LogP contribution in [0.1, 0.15) is 46.9 Å². The maximum Gasteiger partial charge on any atom is 0.116 e. The second-order valence-electron chi connectivity index (χ2n) is 6.53. The summed E-state index contributed by atoms with van der Waals surface area (Å²) in [5.74, 6) is 1.37. The molecule has 2 aromatic carbocycles. The highest BCUT2D eigenvalue weighted by Gasteiger charge is 2.36. The molecule has 2 aromatic rings. The second-order valence-corrected chi connectivity index (χ2v) is 6.53. The minimum Gasteiger partial charge on any atom is -0.508 e. The molecule has 116 valence electrons. The number of phenolic OH excluding ortho intramolecular Hbond substituents is 1. The van der Waals surface area contributed by atoms with Gasteiger partial charge in [0.2, 0.25) is 0 Å². The highest BCUT2D eigenvalue weighted by atomic mass is 79.9. The number of nitrogens with two attached hydrogens (primary N) is 1. The van der Waals surface area contributed by atoms with Crippen LogP contribution in [0.5, 0.6) is 5.75 Å². The molecule has 2 aliphatic carbocycles. The standard InChI is InChI=1S/C19H21NO.BrH/c20-18-7-6-13-9-16(21)10-15-8-14(11-17(18)19(13)15)12-4-2-1-3-5-12;/h1-5,9-10,14,17-18,21H,6-8,11,20H2;1H/t14-,17+,18-;/m1./s1. The van der Waals surface area contributed by atoms with E-state index < -0.39 is 0 Å². The lowest BCUT2D eigenvalue weighted by molar-refractivity contribution is 0.386. The molecule has 0 saturated carbocycles. The molecule has 4 rings (SSSR count). The van der Waals surface area contributed by atoms with Gasteiger partial charge in [0.15, 0.2) is 0 Å². The van der Waals surface area contributed by atoms with Gasteiger partial charge in [-0.3, -0.25) is 0 Å². The molecule has 0 fully saturated rings. The van der Waals surface area contributed by atoms with E-state index in [1.807, 2.05) is 12.1 Å². The van der Waals surface area contributed by atoms with Crippen molar-refractivity contribution in [3.05, 3.63) is 64.7 Å². The molecule has 0 radical (unpaired) electrons. The smallest absolute Gasteiger partial charge is 0.116 e. The van der Waals surface area contributed by atoms with Crippen molar-refractivity contribution in [2.75, 3.05) is 0 Å². The van der Waals surface area contributed by atoms with Crippen molar-refractivity contribution in [2.45, 2.75) is 43.6 Å². The van der Waals surface area contributed by atoms with Crippen molar-refractivity contribution < 1.29 is 5.11 Å². The van der Waals surface area contributed by atoms with Crippen molar-refractivity contribution in [1.29, 1.82) is 0 Å². The summed E-state index contributed by atoms with van der Waals surface area (Å²) in [5.41, 5.74) is 11.9. The van der Waals surface area contributed by atoms with E-state index in [4.69, 9.17) is 5.73 Å². The Bertz CT molecular complexity index is 671. The second kappa shape index (κ2) is 6.05. The first-order valence-electron chi connectivity index (χ1n) is 7.87. The van der Waals surface area contributed by atoms with Crippen molar-refractivity contribution in [1.82, 2.24) is 0 Å². The van der Waals surface area contributed by atoms with Gasteiger partial charge in [-0.15, -0.1) is 17.0 Å². The molecular weight excluding hydrogens is 338 g/mol. The van der Waals surface area contributed by atoms with Gasteiger partial charge in [0.05, 0.1) is 0 Å². The van der Waals surface area contributed by atoms with Crippen molar-refractivity contribution in [2.24, 2.45) is 5.73 Å². The Labute approximate surface area is 142 Å². The first kappa shape index (κ1) is 15.6. The van der Waals surface area contributed by atoms with Gasteiger partial charge in [0.1, 0.15) is 5.75 Å². The van der Waals surface area contributed by atoms with Crippen LogP contribution >= 0.6 is 17.0 Å². The Morgan fingerprint density at radius 2 is 1.77 bits per heavy atom. The monoisotopic (exact) mass is 359 g/mol. The van der Waals surface area contributed by atoms with Crippen LogP contribution < -0.4 is 5.73 Å². The number of hydrogen-bond acceptors (Lipinski definition) is 2. The summed E-state index contributed by atoms with van der Waals surface area (Å²) in [4.78, 5) is 0. The lowest BCUT2D eigenvalue weighted by Gasteiger charge is -2.40. The molecule has 0 saturated heterocycles. The van der Waals surface area contributed by atoms with Crippen LogP contribution in [0.25, 0.3) is 0 Å². The number of halogens is 1. The number of phenols is 1. The summed E-state index contributed by atoms with van der Waals surface area (Å²) >= 11 is 0. The molecule has 0 amide bonds. The normalized spacial score (nSPS) is 26.0. The van der Waals surface area contributed by atoms with Crippen LogP contribution in [0.3, 0.4) is 0 Å². The molecule has 0 aliphatic heterocycles. The maximum absolute atomic E-state index is 10.0. The van der Waals surface area contributed by atoms with E-state index in [0.717, 1.165) is 25.7 Å². The van der Waals surface area contributed by atoms with Crippen LogP contribution in [0.4, 0.5) is 0 Å². The summed E-state index contributed by atoms with van der Waals surface area (Å²) in [5, 5.41) is 10.0. The number of hydrogen-bond donors (Lipinski definition) is 2. The number of benzene rings is 2. The quantitative estimate of drug-likeness (QED) is 0.806. The zero-order valence-corrected chi connectivity index (χ0v) is 14.2. The van der Waals surface area contributed by atoms with Gasteiger partial charge in [0.25, 0.3) is 0 Å². The van der Waals surface area contributed by atoms with E-state index in [9.17, 15) is 5.11 Å². The lowest BCUT2D eigenvalue weighted by atomic mass is 9.66. The average Bonchev–Trinajstić information content (AvgIpc) is 2.51. The Balaban J connectivity index is 0.00000144. The molecular formula is C19H22BrNO. The zero-order valence-electron chi connectivity index (χ0n) is 12.5. The van der Waals surface area contributed by atoms with Gasteiger partial charge in [0, 0.05) is 12.0 Å². The first-order valence-corrected chi connectivity index (χ1v) is 7.87. The van der Waals surface area contributed by atoms with Crippen molar-refractivity contribution in [3.63, 3.8) is 0 Å². The Morgan fingerprint density at radius 1 is 1.05 bits per heavy atom. The maximum atomic E-state index is 10.0. The summed E-state index contributed by atoms with van der Waals surface area (Å²) in [6.07, 6.45) is 4.19. The molecule has 3 heteroatoms. The van der Waals surface area contributed by atoms with E-state index in [2.05, 4.69) is 30.3 Å². The third-order valence-electron chi connectivity index (χ3n) is 5.25. The minimum absolute atomic E-state index is 0. The molecule has 0 aromatic heterocycles. The summed E-state index contributed by atoms with van der Waals surface area (Å²) in [6.45, 7) is 0. The van der Waals surface area contributed by atoms with Gasteiger partial charge in [-0.05, 0) is 66.0 Å². The number of aryl methyl sites for hydroxylation is 1. The van der Waals surface area contributed by atoms with Crippen LogP contribution in [0.2, 0.25) is 0 Å². The summed E-state index contributed by atoms with van der Waals surface area (Å²) in [6, 6.07) is 14.9. The molecule has 0 bridgehead atoms. The minimum atomic E-state index is 0. The molecule has 3 atom stereocenters. The van der Waals surface area contributed by atoms with E-state index >= 15 is 0 Å². The largest absolute Gasteiger partial charge is 0.508 e. The van der Waals surface area contributed by atoms with Gasteiger partial charge >= 0.3 is 0 Å². The predicted octanol–water partition coefficient (Wildman–Crippen LogP) is 4.06.